The SMILES string of the molecule is Brc1ccc2c(c1)C1(CCOCC1)C(C1CC1)=N2. The molecule has 1 aromatic rings. The minimum Gasteiger partial charge on any atom is -0.381 e. The van der Waals surface area contributed by atoms with Crippen LogP contribution in [0.5, 0.6) is 0 Å². The van der Waals surface area contributed by atoms with Gasteiger partial charge in [-0.15, -0.1) is 0 Å². The predicted molar refractivity (Wildman–Crippen MR) is 75.7 cm³/mol. The maximum Gasteiger partial charge on any atom is 0.0671 e. The van der Waals surface area contributed by atoms with Crippen molar-refractivity contribution in [2.24, 2.45) is 10.9 Å². The van der Waals surface area contributed by atoms with Crippen LogP contribution in [0.3, 0.4) is 0 Å². The van der Waals surface area contributed by atoms with Gasteiger partial charge in [-0.1, -0.05) is 15.9 Å². The van der Waals surface area contributed by atoms with E-state index in [1.165, 1.54) is 34.3 Å². The Balaban J connectivity index is 1.87. The van der Waals surface area contributed by atoms with Gasteiger partial charge in [-0.3, -0.25) is 4.99 Å². The van der Waals surface area contributed by atoms with Gasteiger partial charge in [0.1, 0.15) is 0 Å². The summed E-state index contributed by atoms with van der Waals surface area (Å²) in [5, 5.41) is 0. The molecular weight excluding hydrogens is 290 g/mol. The van der Waals surface area contributed by atoms with Crippen molar-refractivity contribution in [2.75, 3.05) is 13.2 Å². The maximum atomic E-state index is 5.58. The van der Waals surface area contributed by atoms with Gasteiger partial charge in [0.05, 0.1) is 5.69 Å². The molecule has 3 aliphatic rings. The Morgan fingerprint density at radius 1 is 1.22 bits per heavy atom. The Labute approximate surface area is 116 Å². The smallest absolute Gasteiger partial charge is 0.0671 e. The summed E-state index contributed by atoms with van der Waals surface area (Å²) >= 11 is 3.61. The van der Waals surface area contributed by atoms with Crippen molar-refractivity contribution in [1.82, 2.24) is 0 Å². The van der Waals surface area contributed by atoms with Crippen LogP contribution in [0.4, 0.5) is 5.69 Å². The van der Waals surface area contributed by atoms with Crippen molar-refractivity contribution in [3.8, 4) is 0 Å². The van der Waals surface area contributed by atoms with E-state index in [0.29, 0.717) is 0 Å². The highest BCUT2D eigenvalue weighted by Crippen LogP contribution is 2.52. The molecular formula is C15H16BrNO. The molecule has 2 heterocycles. The first-order valence-electron chi connectivity index (χ1n) is 6.76. The van der Waals surface area contributed by atoms with Crippen molar-refractivity contribution in [3.63, 3.8) is 0 Å². The fourth-order valence-electron chi connectivity index (χ4n) is 3.45. The van der Waals surface area contributed by atoms with Gasteiger partial charge in [0.2, 0.25) is 0 Å². The van der Waals surface area contributed by atoms with Gasteiger partial charge in [-0.25, -0.2) is 0 Å². The Bertz CT molecular complexity index is 527. The number of rotatable bonds is 1. The number of hydrogen-bond donors (Lipinski definition) is 0. The highest BCUT2D eigenvalue weighted by atomic mass is 79.9. The van der Waals surface area contributed by atoms with Gasteiger partial charge in [-0.05, 0) is 55.4 Å². The fourth-order valence-corrected chi connectivity index (χ4v) is 3.81. The summed E-state index contributed by atoms with van der Waals surface area (Å²) in [6, 6.07) is 6.54. The van der Waals surface area contributed by atoms with Crippen LogP contribution < -0.4 is 0 Å². The number of hydrogen-bond acceptors (Lipinski definition) is 2. The lowest BCUT2D eigenvalue weighted by Gasteiger charge is -2.36. The maximum absolute atomic E-state index is 5.58. The summed E-state index contributed by atoms with van der Waals surface area (Å²) in [6.07, 6.45) is 4.87. The molecule has 2 aliphatic heterocycles. The summed E-state index contributed by atoms with van der Waals surface area (Å²) in [5.74, 6) is 0.745. The van der Waals surface area contributed by atoms with Crippen molar-refractivity contribution in [3.05, 3.63) is 28.2 Å². The molecule has 2 fully saturated rings. The molecule has 0 unspecified atom stereocenters. The predicted octanol–water partition coefficient (Wildman–Crippen LogP) is 3.99. The third kappa shape index (κ3) is 1.53. The Morgan fingerprint density at radius 3 is 2.72 bits per heavy atom. The molecule has 0 bridgehead atoms. The Hall–Kier alpha value is -0.670. The molecule has 0 N–H and O–H groups in total. The van der Waals surface area contributed by atoms with Gasteiger partial charge in [0.25, 0.3) is 0 Å². The van der Waals surface area contributed by atoms with E-state index in [-0.39, 0.29) is 5.41 Å². The topological polar surface area (TPSA) is 21.6 Å². The second-order valence-electron chi connectivity index (χ2n) is 5.63. The normalized spacial score (nSPS) is 25.1. The van der Waals surface area contributed by atoms with Crippen molar-refractivity contribution in [1.29, 1.82) is 0 Å². The van der Waals surface area contributed by atoms with Crippen LogP contribution in [0.2, 0.25) is 0 Å². The molecule has 18 heavy (non-hydrogen) atoms. The Morgan fingerprint density at radius 2 is 2.00 bits per heavy atom. The van der Waals surface area contributed by atoms with Gasteiger partial charge >= 0.3 is 0 Å². The van der Waals surface area contributed by atoms with Crippen LogP contribution in [0, 0.1) is 5.92 Å². The summed E-state index contributed by atoms with van der Waals surface area (Å²) in [4.78, 5) is 4.97. The average molecular weight is 306 g/mol. The summed E-state index contributed by atoms with van der Waals surface area (Å²) in [7, 11) is 0. The number of nitrogens with zero attached hydrogens (tertiary/aromatic N) is 1. The van der Waals surface area contributed by atoms with Crippen molar-refractivity contribution < 1.29 is 4.74 Å². The summed E-state index contributed by atoms with van der Waals surface area (Å²) in [6.45, 7) is 1.75. The molecule has 4 rings (SSSR count). The standard InChI is InChI=1S/C15H16BrNO/c16-11-3-4-13-12(9-11)15(5-7-18-8-6-15)14(17-13)10-1-2-10/h3-4,9-10H,1-2,5-8H2. The van der Waals surface area contributed by atoms with E-state index >= 15 is 0 Å². The third-order valence-corrected chi connectivity index (χ3v) is 5.01. The zero-order valence-corrected chi connectivity index (χ0v) is 11.9. The first-order chi connectivity index (χ1) is 8.79. The number of ether oxygens (including phenoxy) is 1. The van der Waals surface area contributed by atoms with Crippen LogP contribution in [0.15, 0.2) is 27.7 Å². The van der Waals surface area contributed by atoms with E-state index in [4.69, 9.17) is 9.73 Å². The van der Waals surface area contributed by atoms with E-state index in [0.717, 1.165) is 32.0 Å². The molecule has 2 nitrogen and oxygen atoms in total. The quantitative estimate of drug-likeness (QED) is 0.768. The van der Waals surface area contributed by atoms with Gasteiger partial charge < -0.3 is 4.74 Å². The van der Waals surface area contributed by atoms with E-state index < -0.39 is 0 Å². The molecule has 1 aromatic carbocycles. The minimum absolute atomic E-state index is 0.193. The lowest BCUT2D eigenvalue weighted by molar-refractivity contribution is 0.0710. The second kappa shape index (κ2) is 3.91. The Kier molecular flexibility index (Phi) is 2.43. The first kappa shape index (κ1) is 11.2. The molecule has 1 spiro atoms. The molecule has 3 heteroatoms. The van der Waals surface area contributed by atoms with Crippen LogP contribution in [0.1, 0.15) is 31.2 Å². The number of benzene rings is 1. The highest BCUT2D eigenvalue weighted by Gasteiger charge is 2.49. The molecule has 1 aliphatic carbocycles. The largest absolute Gasteiger partial charge is 0.381 e. The molecule has 0 amide bonds. The van der Waals surface area contributed by atoms with E-state index in [9.17, 15) is 0 Å². The first-order valence-corrected chi connectivity index (χ1v) is 7.56. The van der Waals surface area contributed by atoms with Crippen LogP contribution in [-0.4, -0.2) is 18.9 Å². The van der Waals surface area contributed by atoms with Gasteiger partial charge in [0, 0.05) is 28.8 Å². The fraction of sp³-hybridized carbons (Fsp3) is 0.533. The lowest BCUT2D eigenvalue weighted by atomic mass is 9.70. The molecule has 94 valence electrons. The molecule has 0 radical (unpaired) electrons. The minimum atomic E-state index is 0.193. The van der Waals surface area contributed by atoms with Gasteiger partial charge in [-0.2, -0.15) is 0 Å². The van der Waals surface area contributed by atoms with Gasteiger partial charge in [0.15, 0.2) is 0 Å². The number of fused-ring (bicyclic) bond motifs is 2. The summed E-state index contributed by atoms with van der Waals surface area (Å²) in [5.41, 5.74) is 4.28. The van der Waals surface area contributed by atoms with E-state index in [2.05, 4.69) is 34.1 Å². The van der Waals surface area contributed by atoms with Crippen LogP contribution >= 0.6 is 15.9 Å². The van der Waals surface area contributed by atoms with Crippen LogP contribution in [0.25, 0.3) is 0 Å². The van der Waals surface area contributed by atoms with E-state index in [1.807, 2.05) is 0 Å². The lowest BCUT2D eigenvalue weighted by Crippen LogP contribution is -2.40. The monoisotopic (exact) mass is 305 g/mol. The highest BCUT2D eigenvalue weighted by molar-refractivity contribution is 9.10. The molecule has 0 atom stereocenters. The number of halogens is 1. The summed E-state index contributed by atoms with van der Waals surface area (Å²) < 4.78 is 6.75. The molecule has 0 aromatic heterocycles. The zero-order valence-electron chi connectivity index (χ0n) is 10.3. The molecule has 1 saturated heterocycles. The molecule has 1 saturated carbocycles. The second-order valence-corrected chi connectivity index (χ2v) is 6.54. The number of aliphatic imine (C=N–C) groups is 1. The zero-order chi connectivity index (χ0) is 12.2. The van der Waals surface area contributed by atoms with Crippen molar-refractivity contribution >= 4 is 27.3 Å². The van der Waals surface area contributed by atoms with Crippen LogP contribution in [-0.2, 0) is 10.2 Å². The third-order valence-electron chi connectivity index (χ3n) is 4.52. The van der Waals surface area contributed by atoms with Crippen molar-refractivity contribution in [2.45, 2.75) is 31.1 Å². The van der Waals surface area contributed by atoms with E-state index in [1.54, 1.807) is 0 Å². The average Bonchev–Trinajstić information content (AvgIpc) is 3.18.